The highest BCUT2D eigenvalue weighted by Gasteiger charge is 2.52. The Morgan fingerprint density at radius 2 is 2.00 bits per heavy atom. The summed E-state index contributed by atoms with van der Waals surface area (Å²) in [5, 5.41) is 11.1. The van der Waals surface area contributed by atoms with Crippen LogP contribution in [0.3, 0.4) is 0 Å². The van der Waals surface area contributed by atoms with E-state index in [1.54, 1.807) is 0 Å². The second kappa shape index (κ2) is 5.38. The lowest BCUT2D eigenvalue weighted by molar-refractivity contribution is -0.365. The van der Waals surface area contributed by atoms with E-state index in [0.29, 0.717) is 19.4 Å². The molecule has 1 rings (SSSR count). The van der Waals surface area contributed by atoms with E-state index in [1.165, 1.54) is 0 Å². The third kappa shape index (κ3) is 3.91. The Morgan fingerprint density at radius 1 is 1.42 bits per heavy atom. The smallest absolute Gasteiger partial charge is 0.163 e. The van der Waals surface area contributed by atoms with Gasteiger partial charge in [-0.25, -0.2) is 0 Å². The van der Waals surface area contributed by atoms with E-state index in [-0.39, 0.29) is 17.9 Å². The Bertz CT molecular complexity index is 335. The molecule has 0 radical (unpaired) electrons. The minimum absolute atomic E-state index is 0.0904. The van der Waals surface area contributed by atoms with Gasteiger partial charge in [0.15, 0.2) is 5.79 Å². The normalized spacial score (nSPS) is 31.2. The molecule has 0 bridgehead atoms. The van der Waals surface area contributed by atoms with Crippen LogP contribution < -0.4 is 10.8 Å². The van der Waals surface area contributed by atoms with Gasteiger partial charge in [0.1, 0.15) is 0 Å². The molecule has 112 valence electrons. The van der Waals surface area contributed by atoms with Crippen LogP contribution in [0.2, 0.25) is 0 Å². The molecule has 0 aromatic heterocycles. The second-order valence-corrected chi connectivity index (χ2v) is 6.82. The maximum atomic E-state index is 11.1. The summed E-state index contributed by atoms with van der Waals surface area (Å²) in [6, 6.07) is 0. The van der Waals surface area contributed by atoms with E-state index in [2.05, 4.69) is 0 Å². The van der Waals surface area contributed by atoms with Crippen molar-refractivity contribution in [3.8, 4) is 0 Å². The standard InChI is InChI=1S/C14H27NO4/c1-12(2,3)14(9-11(16)17)8-10(6-7-15)18-13(4,5)19-14/h10H,6-9,15H2,1-5H3,(H,16,17)/p-1/t10-,14-/m1/s1. The van der Waals surface area contributed by atoms with E-state index in [4.69, 9.17) is 15.2 Å². The van der Waals surface area contributed by atoms with Crippen LogP contribution in [-0.2, 0) is 14.3 Å². The van der Waals surface area contributed by atoms with Crippen LogP contribution in [0.1, 0.15) is 53.9 Å². The summed E-state index contributed by atoms with van der Waals surface area (Å²) in [7, 11) is 0. The number of hydrogen-bond donors (Lipinski definition) is 1. The average Bonchev–Trinajstić information content (AvgIpc) is 2.11. The van der Waals surface area contributed by atoms with Gasteiger partial charge in [0.2, 0.25) is 0 Å². The summed E-state index contributed by atoms with van der Waals surface area (Å²) in [6.07, 6.45) is 0.986. The fourth-order valence-electron chi connectivity index (χ4n) is 2.76. The Kier molecular flexibility index (Phi) is 4.65. The van der Waals surface area contributed by atoms with Crippen molar-refractivity contribution >= 4 is 5.97 Å². The minimum Gasteiger partial charge on any atom is -0.550 e. The van der Waals surface area contributed by atoms with Crippen LogP contribution >= 0.6 is 0 Å². The molecule has 0 amide bonds. The van der Waals surface area contributed by atoms with Gasteiger partial charge in [-0.3, -0.25) is 0 Å². The van der Waals surface area contributed by atoms with Crippen LogP contribution in [0.5, 0.6) is 0 Å². The zero-order valence-corrected chi connectivity index (χ0v) is 12.6. The number of nitrogens with two attached hydrogens (primary N) is 1. The maximum Gasteiger partial charge on any atom is 0.163 e. The molecule has 1 fully saturated rings. The highest BCUT2D eigenvalue weighted by Crippen LogP contribution is 2.47. The molecule has 1 heterocycles. The molecule has 5 nitrogen and oxygen atoms in total. The number of carboxylic acids is 1. The summed E-state index contributed by atoms with van der Waals surface area (Å²) >= 11 is 0. The summed E-state index contributed by atoms with van der Waals surface area (Å²) in [6.45, 7) is 10.1. The molecule has 1 saturated heterocycles. The summed E-state index contributed by atoms with van der Waals surface area (Å²) in [5.74, 6) is -1.92. The monoisotopic (exact) mass is 272 g/mol. The Labute approximate surface area is 115 Å². The Balaban J connectivity index is 3.10. The molecule has 2 atom stereocenters. The van der Waals surface area contributed by atoms with Crippen molar-refractivity contribution in [2.75, 3.05) is 6.54 Å². The highest BCUT2D eigenvalue weighted by atomic mass is 16.7. The molecule has 0 spiro atoms. The third-order valence-electron chi connectivity index (χ3n) is 3.73. The van der Waals surface area contributed by atoms with Crippen LogP contribution in [0.15, 0.2) is 0 Å². The second-order valence-electron chi connectivity index (χ2n) is 6.82. The van der Waals surface area contributed by atoms with Crippen molar-refractivity contribution < 1.29 is 19.4 Å². The van der Waals surface area contributed by atoms with Crippen molar-refractivity contribution in [2.45, 2.75) is 71.4 Å². The minimum atomic E-state index is -1.10. The molecule has 0 aromatic carbocycles. The maximum absolute atomic E-state index is 11.1. The molecular formula is C14H26NO4-. The number of carboxylic acid groups (broad SMARTS) is 1. The van der Waals surface area contributed by atoms with Gasteiger partial charge in [-0.05, 0) is 32.2 Å². The lowest BCUT2D eigenvalue weighted by atomic mass is 9.70. The van der Waals surface area contributed by atoms with Gasteiger partial charge in [-0.15, -0.1) is 0 Å². The Morgan fingerprint density at radius 3 is 2.42 bits per heavy atom. The first-order chi connectivity index (χ1) is 8.51. The molecule has 2 N–H and O–H groups in total. The van der Waals surface area contributed by atoms with Gasteiger partial charge in [0.05, 0.1) is 11.7 Å². The number of ether oxygens (including phenoxy) is 2. The van der Waals surface area contributed by atoms with Crippen LogP contribution in [0.4, 0.5) is 0 Å². The predicted molar refractivity (Wildman–Crippen MR) is 70.1 cm³/mol. The molecule has 0 aliphatic carbocycles. The van der Waals surface area contributed by atoms with Gasteiger partial charge in [-0.2, -0.15) is 0 Å². The van der Waals surface area contributed by atoms with Crippen molar-refractivity contribution in [2.24, 2.45) is 11.1 Å². The van der Waals surface area contributed by atoms with Gasteiger partial charge < -0.3 is 25.1 Å². The number of hydrogen-bond acceptors (Lipinski definition) is 5. The molecule has 5 heteroatoms. The van der Waals surface area contributed by atoms with E-state index < -0.39 is 17.4 Å². The first kappa shape index (κ1) is 16.4. The SMILES string of the molecule is CC1(C)O[C@H](CCN)C[C@@](CC(=O)[O-])(C(C)(C)C)O1. The zero-order valence-electron chi connectivity index (χ0n) is 12.6. The molecule has 0 saturated carbocycles. The fourth-order valence-corrected chi connectivity index (χ4v) is 2.76. The summed E-state index contributed by atoms with van der Waals surface area (Å²) in [5.41, 5.74) is 4.47. The quantitative estimate of drug-likeness (QED) is 0.818. The largest absolute Gasteiger partial charge is 0.550 e. The molecule has 1 aliphatic heterocycles. The topological polar surface area (TPSA) is 84.6 Å². The van der Waals surface area contributed by atoms with Gasteiger partial charge in [0.25, 0.3) is 0 Å². The van der Waals surface area contributed by atoms with Gasteiger partial charge >= 0.3 is 0 Å². The highest BCUT2D eigenvalue weighted by molar-refractivity contribution is 5.66. The van der Waals surface area contributed by atoms with E-state index in [9.17, 15) is 9.90 Å². The van der Waals surface area contributed by atoms with Crippen LogP contribution in [0, 0.1) is 5.41 Å². The lowest BCUT2D eigenvalue weighted by Crippen LogP contribution is -2.60. The number of aliphatic carboxylic acids is 1. The Hall–Kier alpha value is -0.650. The number of rotatable bonds is 4. The first-order valence-electron chi connectivity index (χ1n) is 6.79. The third-order valence-corrected chi connectivity index (χ3v) is 3.73. The van der Waals surface area contributed by atoms with Gasteiger partial charge in [-0.1, -0.05) is 20.8 Å². The molecule has 19 heavy (non-hydrogen) atoms. The molecular weight excluding hydrogens is 246 g/mol. The molecule has 0 unspecified atom stereocenters. The van der Waals surface area contributed by atoms with Crippen molar-refractivity contribution in [3.05, 3.63) is 0 Å². The summed E-state index contributed by atoms with van der Waals surface area (Å²) in [4.78, 5) is 11.1. The number of carbonyl (C=O) groups is 1. The lowest BCUT2D eigenvalue weighted by Gasteiger charge is -2.54. The molecule has 0 aromatic rings. The average molecular weight is 272 g/mol. The van der Waals surface area contributed by atoms with Crippen LogP contribution in [-0.4, -0.2) is 30.0 Å². The van der Waals surface area contributed by atoms with Crippen molar-refractivity contribution in [1.29, 1.82) is 0 Å². The zero-order chi connectivity index (χ0) is 14.9. The first-order valence-corrected chi connectivity index (χ1v) is 6.79. The van der Waals surface area contributed by atoms with Gasteiger partial charge in [0, 0.05) is 18.8 Å². The summed E-state index contributed by atoms with van der Waals surface area (Å²) < 4.78 is 11.9. The molecule has 1 aliphatic rings. The van der Waals surface area contributed by atoms with Crippen molar-refractivity contribution in [1.82, 2.24) is 0 Å². The van der Waals surface area contributed by atoms with Crippen molar-refractivity contribution in [3.63, 3.8) is 0 Å². The fraction of sp³-hybridized carbons (Fsp3) is 0.929. The predicted octanol–water partition coefficient (Wildman–Crippen LogP) is 0.802. The number of carbonyl (C=O) groups excluding carboxylic acids is 1. The van der Waals surface area contributed by atoms with Crippen LogP contribution in [0.25, 0.3) is 0 Å². The van der Waals surface area contributed by atoms with E-state index in [1.807, 2.05) is 34.6 Å². The van der Waals surface area contributed by atoms with E-state index >= 15 is 0 Å². The van der Waals surface area contributed by atoms with E-state index in [0.717, 1.165) is 0 Å².